The third kappa shape index (κ3) is 2.63. The van der Waals surface area contributed by atoms with Crippen LogP contribution in [0.4, 0.5) is 0 Å². The maximum atomic E-state index is 11.2. The lowest BCUT2D eigenvalue weighted by Gasteiger charge is -2.07. The number of nitrogens with zero attached hydrogens (tertiary/aromatic N) is 3. The third-order valence-corrected chi connectivity index (χ3v) is 3.17. The second kappa shape index (κ2) is 5.36. The zero-order valence-corrected chi connectivity index (χ0v) is 11.9. The molecule has 0 spiro atoms. The van der Waals surface area contributed by atoms with Crippen LogP contribution in [0.5, 0.6) is 11.6 Å². The highest BCUT2D eigenvalue weighted by atomic mass is 16.5. The fraction of sp³-hybridized carbons (Fsp3) is 0.188. The number of para-hydroxylation sites is 1. The van der Waals surface area contributed by atoms with Crippen LogP contribution in [0.15, 0.2) is 42.7 Å². The third-order valence-electron chi connectivity index (χ3n) is 3.17. The number of carbonyl (C=O) groups excluding carboxylic acids is 1. The number of ether oxygens (including phenoxy) is 1. The van der Waals surface area contributed by atoms with E-state index in [9.17, 15) is 4.79 Å². The van der Waals surface area contributed by atoms with Gasteiger partial charge in [-0.25, -0.2) is 4.98 Å². The van der Waals surface area contributed by atoms with Crippen LogP contribution in [-0.4, -0.2) is 21.1 Å². The van der Waals surface area contributed by atoms with Crippen LogP contribution in [0.1, 0.15) is 30.2 Å². The molecule has 106 valence electrons. The highest BCUT2D eigenvalue weighted by Gasteiger charge is 2.10. The Hall–Kier alpha value is -2.69. The Labute approximate surface area is 122 Å². The van der Waals surface area contributed by atoms with Gasteiger partial charge in [-0.05, 0) is 26.0 Å². The van der Waals surface area contributed by atoms with Crippen molar-refractivity contribution in [1.29, 1.82) is 0 Å². The summed E-state index contributed by atoms with van der Waals surface area (Å²) < 4.78 is 7.50. The van der Waals surface area contributed by atoms with Gasteiger partial charge in [-0.3, -0.25) is 9.48 Å². The highest BCUT2D eigenvalue weighted by molar-refractivity contribution is 5.88. The van der Waals surface area contributed by atoms with Crippen molar-refractivity contribution in [2.45, 2.75) is 19.9 Å². The van der Waals surface area contributed by atoms with Gasteiger partial charge in [-0.2, -0.15) is 5.10 Å². The molecular weight excluding hydrogens is 266 g/mol. The molecule has 0 saturated carbocycles. The Bertz CT molecular complexity index is 793. The first kappa shape index (κ1) is 13.3. The minimum absolute atomic E-state index is 0.248. The Morgan fingerprint density at radius 2 is 2.10 bits per heavy atom. The number of hydrogen-bond acceptors (Lipinski definition) is 4. The van der Waals surface area contributed by atoms with Crippen LogP contribution in [0, 0.1) is 0 Å². The van der Waals surface area contributed by atoms with E-state index >= 15 is 0 Å². The number of pyridine rings is 1. The van der Waals surface area contributed by atoms with Gasteiger partial charge >= 0.3 is 0 Å². The Kier molecular flexibility index (Phi) is 3.39. The molecule has 0 aliphatic heterocycles. The van der Waals surface area contributed by atoms with Gasteiger partial charge in [0.25, 0.3) is 0 Å². The summed E-state index contributed by atoms with van der Waals surface area (Å²) in [5.41, 5.74) is 1.21. The number of carbonyl (C=O) groups is 1. The second-order valence-corrected chi connectivity index (χ2v) is 5.05. The van der Waals surface area contributed by atoms with E-state index in [1.807, 2.05) is 38.1 Å². The molecule has 3 rings (SSSR count). The molecule has 5 heteroatoms. The van der Waals surface area contributed by atoms with Crippen molar-refractivity contribution in [2.24, 2.45) is 0 Å². The summed E-state index contributed by atoms with van der Waals surface area (Å²) in [4.78, 5) is 15.6. The molecule has 21 heavy (non-hydrogen) atoms. The fourth-order valence-corrected chi connectivity index (χ4v) is 2.05. The molecular formula is C16H15N3O2. The maximum absolute atomic E-state index is 11.2. The van der Waals surface area contributed by atoms with Crippen LogP contribution in [0.3, 0.4) is 0 Å². The molecule has 0 fully saturated rings. The highest BCUT2D eigenvalue weighted by Crippen LogP contribution is 2.26. The van der Waals surface area contributed by atoms with E-state index in [1.54, 1.807) is 23.1 Å². The minimum atomic E-state index is 0.248. The zero-order chi connectivity index (χ0) is 14.8. The first-order valence-corrected chi connectivity index (χ1v) is 6.74. The molecule has 3 aromatic rings. The molecule has 0 N–H and O–H groups in total. The number of benzene rings is 1. The molecule has 0 radical (unpaired) electrons. The maximum Gasteiger partial charge on any atom is 0.230 e. The van der Waals surface area contributed by atoms with Gasteiger partial charge in [0, 0.05) is 11.4 Å². The summed E-state index contributed by atoms with van der Waals surface area (Å²) in [5.74, 6) is 0.863. The molecule has 2 aromatic heterocycles. The van der Waals surface area contributed by atoms with E-state index in [-0.39, 0.29) is 6.04 Å². The average molecular weight is 281 g/mol. The van der Waals surface area contributed by atoms with Crippen molar-refractivity contribution in [1.82, 2.24) is 14.8 Å². The predicted molar refractivity (Wildman–Crippen MR) is 79.8 cm³/mol. The number of hydrogen-bond donors (Lipinski definition) is 0. The van der Waals surface area contributed by atoms with Gasteiger partial charge in [-0.15, -0.1) is 0 Å². The summed E-state index contributed by atoms with van der Waals surface area (Å²) in [6.07, 6.45) is 4.16. The van der Waals surface area contributed by atoms with Crippen molar-refractivity contribution < 1.29 is 9.53 Å². The summed E-state index contributed by atoms with van der Waals surface area (Å²) in [5, 5.41) is 5.11. The predicted octanol–water partition coefficient (Wildman–Crippen LogP) is 3.62. The second-order valence-electron chi connectivity index (χ2n) is 5.05. The molecule has 0 bridgehead atoms. The standard InChI is InChI=1S/C16H15N3O2/c1-11(2)19-9-14(8-17-19)21-16-13(10-20)7-12-5-3-4-6-15(12)18-16/h3-11H,1-2H3. The SMILES string of the molecule is CC(C)n1cc(Oc2nc3ccccc3cc2C=O)cn1. The first-order valence-electron chi connectivity index (χ1n) is 6.74. The van der Waals surface area contributed by atoms with E-state index in [1.165, 1.54) is 0 Å². The zero-order valence-electron chi connectivity index (χ0n) is 11.9. The van der Waals surface area contributed by atoms with E-state index in [0.29, 0.717) is 17.2 Å². The van der Waals surface area contributed by atoms with E-state index in [4.69, 9.17) is 4.74 Å². The molecule has 1 aromatic carbocycles. The van der Waals surface area contributed by atoms with Crippen molar-refractivity contribution in [3.05, 3.63) is 48.3 Å². The Morgan fingerprint density at radius 1 is 1.29 bits per heavy atom. The van der Waals surface area contributed by atoms with Gasteiger partial charge in [0.2, 0.25) is 5.88 Å². The lowest BCUT2D eigenvalue weighted by atomic mass is 10.1. The molecule has 0 aliphatic rings. The van der Waals surface area contributed by atoms with Crippen LogP contribution < -0.4 is 4.74 Å². The minimum Gasteiger partial charge on any atom is -0.435 e. The van der Waals surface area contributed by atoms with Crippen molar-refractivity contribution >= 4 is 17.2 Å². The van der Waals surface area contributed by atoms with Gasteiger partial charge in [0.05, 0.1) is 23.5 Å². The summed E-state index contributed by atoms with van der Waals surface area (Å²) in [6.45, 7) is 4.06. The molecule has 0 saturated heterocycles. The fourth-order valence-electron chi connectivity index (χ4n) is 2.05. The smallest absolute Gasteiger partial charge is 0.230 e. The number of fused-ring (bicyclic) bond motifs is 1. The monoisotopic (exact) mass is 281 g/mol. The average Bonchev–Trinajstić information content (AvgIpc) is 2.95. The first-order chi connectivity index (χ1) is 10.2. The molecule has 0 unspecified atom stereocenters. The van der Waals surface area contributed by atoms with Gasteiger partial charge in [0.15, 0.2) is 12.0 Å². The van der Waals surface area contributed by atoms with Gasteiger partial charge in [-0.1, -0.05) is 18.2 Å². The van der Waals surface area contributed by atoms with Crippen molar-refractivity contribution in [2.75, 3.05) is 0 Å². The molecule has 0 aliphatic carbocycles. The molecule has 0 atom stereocenters. The lowest BCUT2D eigenvalue weighted by molar-refractivity contribution is 0.112. The molecule has 2 heterocycles. The molecule has 0 amide bonds. The van der Waals surface area contributed by atoms with Crippen molar-refractivity contribution in [3.8, 4) is 11.6 Å². The summed E-state index contributed by atoms with van der Waals surface area (Å²) in [6, 6.07) is 9.63. The van der Waals surface area contributed by atoms with Gasteiger partial charge in [0.1, 0.15) is 0 Å². The van der Waals surface area contributed by atoms with Crippen LogP contribution in [-0.2, 0) is 0 Å². The number of rotatable bonds is 4. The van der Waals surface area contributed by atoms with Crippen LogP contribution in [0.2, 0.25) is 0 Å². The number of aromatic nitrogens is 3. The quantitative estimate of drug-likeness (QED) is 0.685. The number of aldehydes is 1. The Morgan fingerprint density at radius 3 is 2.81 bits per heavy atom. The molecule has 5 nitrogen and oxygen atoms in total. The van der Waals surface area contributed by atoms with E-state index in [2.05, 4.69) is 10.1 Å². The van der Waals surface area contributed by atoms with Crippen LogP contribution in [0.25, 0.3) is 10.9 Å². The summed E-state index contributed by atoms with van der Waals surface area (Å²) in [7, 11) is 0. The largest absolute Gasteiger partial charge is 0.435 e. The summed E-state index contributed by atoms with van der Waals surface area (Å²) >= 11 is 0. The normalized spacial score (nSPS) is 11.0. The topological polar surface area (TPSA) is 57.0 Å². The van der Waals surface area contributed by atoms with Crippen LogP contribution >= 0.6 is 0 Å². The lowest BCUT2D eigenvalue weighted by Crippen LogP contribution is -1.99. The van der Waals surface area contributed by atoms with E-state index < -0.39 is 0 Å². The van der Waals surface area contributed by atoms with Crippen molar-refractivity contribution in [3.63, 3.8) is 0 Å². The Balaban J connectivity index is 2.00. The van der Waals surface area contributed by atoms with E-state index in [0.717, 1.165) is 17.2 Å². The van der Waals surface area contributed by atoms with Gasteiger partial charge < -0.3 is 4.74 Å².